The average molecular weight is 244 g/mol. The molecule has 0 spiro atoms. The highest BCUT2D eigenvalue weighted by Crippen LogP contribution is 2.26. The number of hydrogen-bond acceptors (Lipinski definition) is 3. The maximum absolute atomic E-state index is 11.3. The molecule has 0 saturated carbocycles. The van der Waals surface area contributed by atoms with Gasteiger partial charge in [0.05, 0.1) is 0 Å². The number of carbonyl (C=O) groups is 1. The molecule has 2 aromatic rings. The third-order valence-electron chi connectivity index (χ3n) is 3.65. The van der Waals surface area contributed by atoms with E-state index in [4.69, 9.17) is 0 Å². The van der Waals surface area contributed by atoms with Gasteiger partial charge in [0.25, 0.3) is 0 Å². The zero-order valence-corrected chi connectivity index (χ0v) is 10.4. The van der Waals surface area contributed by atoms with Crippen molar-refractivity contribution in [3.05, 3.63) is 30.2 Å². The fourth-order valence-electron chi connectivity index (χ4n) is 2.59. The van der Waals surface area contributed by atoms with Crippen molar-refractivity contribution in [1.82, 2.24) is 19.5 Å². The van der Waals surface area contributed by atoms with E-state index in [1.807, 2.05) is 33.7 Å². The molecule has 18 heavy (non-hydrogen) atoms. The van der Waals surface area contributed by atoms with Gasteiger partial charge in [-0.25, -0.2) is 0 Å². The minimum atomic E-state index is 0.166. The van der Waals surface area contributed by atoms with Gasteiger partial charge in [0.15, 0.2) is 5.65 Å². The Hall–Kier alpha value is -1.91. The summed E-state index contributed by atoms with van der Waals surface area (Å²) in [5, 5.41) is 8.48. The summed E-state index contributed by atoms with van der Waals surface area (Å²) < 4.78 is 2.05. The van der Waals surface area contributed by atoms with Gasteiger partial charge in [-0.05, 0) is 25.0 Å². The molecule has 1 amide bonds. The van der Waals surface area contributed by atoms with Crippen LogP contribution in [0.1, 0.15) is 31.5 Å². The lowest BCUT2D eigenvalue weighted by atomic mass is 9.96. The standard InChI is InChI=1S/C13H16N4O/c1-10(18)16-8-5-11(6-9-16)13-15-14-12-4-2-3-7-17(12)13/h2-4,7,11H,5-6,8-9H2,1H3. The Bertz CT molecular complexity index is 569. The van der Waals surface area contributed by atoms with E-state index in [1.54, 1.807) is 6.92 Å². The Balaban J connectivity index is 1.82. The van der Waals surface area contributed by atoms with Gasteiger partial charge in [-0.15, -0.1) is 10.2 Å². The normalized spacial score (nSPS) is 17.3. The van der Waals surface area contributed by atoms with Gasteiger partial charge in [0.2, 0.25) is 5.91 Å². The largest absolute Gasteiger partial charge is 0.343 e. The number of carbonyl (C=O) groups excluding carboxylic acids is 1. The lowest BCUT2D eigenvalue weighted by molar-refractivity contribution is -0.129. The number of pyridine rings is 1. The number of nitrogens with zero attached hydrogens (tertiary/aromatic N) is 4. The van der Waals surface area contributed by atoms with E-state index in [0.717, 1.165) is 37.4 Å². The Morgan fingerprint density at radius 1 is 1.28 bits per heavy atom. The molecule has 0 bridgehead atoms. The van der Waals surface area contributed by atoms with Crippen LogP contribution in [-0.4, -0.2) is 38.5 Å². The van der Waals surface area contributed by atoms with Crippen molar-refractivity contribution in [3.63, 3.8) is 0 Å². The van der Waals surface area contributed by atoms with Crippen LogP contribution in [0.4, 0.5) is 0 Å². The van der Waals surface area contributed by atoms with Crippen molar-refractivity contribution in [2.75, 3.05) is 13.1 Å². The molecule has 1 aliphatic heterocycles. The van der Waals surface area contributed by atoms with Gasteiger partial charge in [0.1, 0.15) is 5.82 Å². The smallest absolute Gasteiger partial charge is 0.219 e. The lowest BCUT2D eigenvalue weighted by Crippen LogP contribution is -2.36. The Labute approximate surface area is 105 Å². The molecule has 5 heteroatoms. The molecule has 5 nitrogen and oxygen atoms in total. The molecule has 0 N–H and O–H groups in total. The molecule has 0 aromatic carbocycles. The quantitative estimate of drug-likeness (QED) is 0.763. The summed E-state index contributed by atoms with van der Waals surface area (Å²) in [6.45, 7) is 3.27. The maximum atomic E-state index is 11.3. The molecule has 94 valence electrons. The van der Waals surface area contributed by atoms with Crippen LogP contribution in [0.25, 0.3) is 5.65 Å². The van der Waals surface area contributed by atoms with Crippen molar-refractivity contribution in [2.45, 2.75) is 25.7 Å². The van der Waals surface area contributed by atoms with E-state index in [-0.39, 0.29) is 5.91 Å². The van der Waals surface area contributed by atoms with Gasteiger partial charge in [0, 0.05) is 32.1 Å². The lowest BCUT2D eigenvalue weighted by Gasteiger charge is -2.30. The molecule has 3 heterocycles. The first-order valence-electron chi connectivity index (χ1n) is 6.31. The maximum Gasteiger partial charge on any atom is 0.219 e. The highest BCUT2D eigenvalue weighted by atomic mass is 16.2. The van der Waals surface area contributed by atoms with E-state index in [2.05, 4.69) is 10.2 Å². The number of rotatable bonds is 1. The summed E-state index contributed by atoms with van der Waals surface area (Å²) in [5.74, 6) is 1.59. The van der Waals surface area contributed by atoms with Gasteiger partial charge in [-0.1, -0.05) is 6.07 Å². The first kappa shape index (κ1) is 11.2. The van der Waals surface area contributed by atoms with E-state index >= 15 is 0 Å². The van der Waals surface area contributed by atoms with Gasteiger partial charge in [-0.3, -0.25) is 9.20 Å². The minimum Gasteiger partial charge on any atom is -0.343 e. The van der Waals surface area contributed by atoms with Crippen LogP contribution in [0.3, 0.4) is 0 Å². The number of fused-ring (bicyclic) bond motifs is 1. The molecule has 1 saturated heterocycles. The molecule has 2 aromatic heterocycles. The summed E-state index contributed by atoms with van der Waals surface area (Å²) in [6, 6.07) is 5.91. The third-order valence-corrected chi connectivity index (χ3v) is 3.65. The highest BCUT2D eigenvalue weighted by molar-refractivity contribution is 5.73. The third kappa shape index (κ3) is 1.85. The van der Waals surface area contributed by atoms with Crippen LogP contribution in [-0.2, 0) is 4.79 Å². The second-order valence-electron chi connectivity index (χ2n) is 4.77. The fraction of sp³-hybridized carbons (Fsp3) is 0.462. The molecule has 3 rings (SSSR count). The summed E-state index contributed by atoms with van der Waals surface area (Å²) in [7, 11) is 0. The molecule has 1 fully saturated rings. The van der Waals surface area contributed by atoms with Crippen LogP contribution in [0.5, 0.6) is 0 Å². The summed E-state index contributed by atoms with van der Waals surface area (Å²) in [5.41, 5.74) is 0.890. The van der Waals surface area contributed by atoms with Crippen LogP contribution >= 0.6 is 0 Å². The fourth-order valence-corrected chi connectivity index (χ4v) is 2.59. The predicted molar refractivity (Wildman–Crippen MR) is 67.2 cm³/mol. The molecular weight excluding hydrogens is 228 g/mol. The first-order valence-corrected chi connectivity index (χ1v) is 6.31. The second kappa shape index (κ2) is 4.40. The number of piperidine rings is 1. The van der Waals surface area contributed by atoms with Crippen LogP contribution in [0.15, 0.2) is 24.4 Å². The molecule has 0 radical (unpaired) electrons. The Morgan fingerprint density at radius 2 is 2.06 bits per heavy atom. The average Bonchev–Trinajstić information content (AvgIpc) is 2.82. The van der Waals surface area contributed by atoms with Crippen molar-refractivity contribution >= 4 is 11.6 Å². The first-order chi connectivity index (χ1) is 8.75. The number of hydrogen-bond donors (Lipinski definition) is 0. The monoisotopic (exact) mass is 244 g/mol. The van der Waals surface area contributed by atoms with Crippen molar-refractivity contribution in [1.29, 1.82) is 0 Å². The van der Waals surface area contributed by atoms with Crippen molar-refractivity contribution in [2.24, 2.45) is 0 Å². The topological polar surface area (TPSA) is 50.5 Å². The van der Waals surface area contributed by atoms with Gasteiger partial charge in [-0.2, -0.15) is 0 Å². The second-order valence-corrected chi connectivity index (χ2v) is 4.77. The molecule has 0 aliphatic carbocycles. The summed E-state index contributed by atoms with van der Waals surface area (Å²) >= 11 is 0. The zero-order valence-electron chi connectivity index (χ0n) is 10.4. The minimum absolute atomic E-state index is 0.166. The van der Waals surface area contributed by atoms with Crippen LogP contribution in [0.2, 0.25) is 0 Å². The van der Waals surface area contributed by atoms with E-state index in [1.165, 1.54) is 0 Å². The van der Waals surface area contributed by atoms with Gasteiger partial charge < -0.3 is 4.90 Å². The predicted octanol–water partition coefficient (Wildman–Crippen LogP) is 1.46. The molecule has 0 unspecified atom stereocenters. The van der Waals surface area contributed by atoms with E-state index < -0.39 is 0 Å². The van der Waals surface area contributed by atoms with Gasteiger partial charge >= 0.3 is 0 Å². The molecule has 0 atom stereocenters. The van der Waals surface area contributed by atoms with E-state index in [9.17, 15) is 4.79 Å². The van der Waals surface area contributed by atoms with Crippen LogP contribution < -0.4 is 0 Å². The van der Waals surface area contributed by atoms with Crippen molar-refractivity contribution < 1.29 is 4.79 Å². The Kier molecular flexibility index (Phi) is 2.74. The van der Waals surface area contributed by atoms with Crippen molar-refractivity contribution in [3.8, 4) is 0 Å². The number of likely N-dealkylation sites (tertiary alicyclic amines) is 1. The molecular formula is C13H16N4O. The van der Waals surface area contributed by atoms with E-state index in [0.29, 0.717) is 5.92 Å². The zero-order chi connectivity index (χ0) is 12.5. The summed E-state index contributed by atoms with van der Waals surface area (Å²) in [4.78, 5) is 13.2. The number of amides is 1. The summed E-state index contributed by atoms with van der Waals surface area (Å²) in [6.07, 6.45) is 3.94. The SMILES string of the molecule is CC(=O)N1CCC(c2nnc3ccccn23)CC1. The Morgan fingerprint density at radius 3 is 2.78 bits per heavy atom. The van der Waals surface area contributed by atoms with Crippen LogP contribution in [0, 0.1) is 0 Å². The number of aromatic nitrogens is 3. The molecule has 1 aliphatic rings. The highest BCUT2D eigenvalue weighted by Gasteiger charge is 2.25.